The van der Waals surface area contributed by atoms with Crippen LogP contribution in [0.3, 0.4) is 0 Å². The molecule has 11 nitrogen and oxygen atoms in total. The van der Waals surface area contributed by atoms with Crippen LogP contribution in [-0.4, -0.2) is 72.8 Å². The number of allylic oxidation sites excluding steroid dienone is 1. The predicted octanol–water partition coefficient (Wildman–Crippen LogP) is 5.45. The molecule has 0 bridgehead atoms. The van der Waals surface area contributed by atoms with Crippen LogP contribution in [0.1, 0.15) is 50.5 Å². The molecule has 0 fully saturated rings. The molecule has 0 aromatic heterocycles. The Morgan fingerprint density at radius 2 is 1.00 bits per heavy atom. The van der Waals surface area contributed by atoms with Gasteiger partial charge in [0.1, 0.15) is 22.8 Å². The van der Waals surface area contributed by atoms with E-state index in [1.165, 1.54) is 6.08 Å². The largest absolute Gasteiger partial charge is 0.467 e. The Hall–Kier alpha value is -3.35. The fourth-order valence-corrected chi connectivity index (χ4v) is 3.18. The molecule has 2 rings (SSSR count). The van der Waals surface area contributed by atoms with Gasteiger partial charge in [0.05, 0.1) is 0 Å². The van der Waals surface area contributed by atoms with Crippen molar-refractivity contribution in [3.05, 3.63) is 47.5 Å². The monoisotopic (exact) mass is 578 g/mol. The molecule has 2 aromatic carbocycles. The zero-order chi connectivity index (χ0) is 29.7. The van der Waals surface area contributed by atoms with Gasteiger partial charge in [0.25, 0.3) is 0 Å². The molecule has 0 unspecified atom stereocenters. The second kappa shape index (κ2) is 20.5. The lowest BCUT2D eigenvalue weighted by molar-refractivity contribution is 0.00605. The summed E-state index contributed by atoms with van der Waals surface area (Å²) in [5, 5.41) is 0. The van der Waals surface area contributed by atoms with Gasteiger partial charge >= 0.3 is 0 Å². The third-order valence-corrected chi connectivity index (χ3v) is 5.20. The van der Waals surface area contributed by atoms with E-state index in [2.05, 4.69) is 0 Å². The molecule has 0 spiro atoms. The minimum atomic E-state index is -0.368. The molecule has 0 N–H and O–H groups in total. The molecule has 11 heteroatoms. The van der Waals surface area contributed by atoms with Crippen molar-refractivity contribution in [2.45, 2.75) is 34.6 Å². The molecule has 0 aliphatic carbocycles. The van der Waals surface area contributed by atoms with Crippen molar-refractivity contribution in [1.82, 2.24) is 0 Å². The van der Waals surface area contributed by atoms with Gasteiger partial charge in [-0.25, -0.2) is 0 Å². The second-order valence-electron chi connectivity index (χ2n) is 7.97. The summed E-state index contributed by atoms with van der Waals surface area (Å²) in [4.78, 5) is 13.5. The van der Waals surface area contributed by atoms with E-state index in [4.69, 9.17) is 47.4 Å². The fraction of sp³-hybridized carbons (Fsp3) is 0.500. The summed E-state index contributed by atoms with van der Waals surface area (Å²) in [6.45, 7) is 11.7. The third kappa shape index (κ3) is 12.4. The summed E-state index contributed by atoms with van der Waals surface area (Å²) >= 11 is 0. The van der Waals surface area contributed by atoms with Gasteiger partial charge in [0.2, 0.25) is 0 Å². The highest BCUT2D eigenvalue weighted by molar-refractivity contribution is 6.10. The van der Waals surface area contributed by atoms with Crippen molar-refractivity contribution < 1.29 is 52.2 Å². The van der Waals surface area contributed by atoms with Gasteiger partial charge in [0, 0.05) is 45.2 Å². The highest BCUT2D eigenvalue weighted by atomic mass is 16.7. The van der Waals surface area contributed by atoms with Crippen molar-refractivity contribution in [1.29, 1.82) is 0 Å². The van der Waals surface area contributed by atoms with E-state index in [9.17, 15) is 4.79 Å². The van der Waals surface area contributed by atoms with Gasteiger partial charge in [-0.1, -0.05) is 12.1 Å². The van der Waals surface area contributed by atoms with Gasteiger partial charge in [-0.05, 0) is 58.4 Å². The summed E-state index contributed by atoms with van der Waals surface area (Å²) in [6, 6.07) is 8.46. The molecule has 41 heavy (non-hydrogen) atoms. The van der Waals surface area contributed by atoms with Crippen molar-refractivity contribution in [3.8, 4) is 28.7 Å². The maximum Gasteiger partial charge on any atom is 0.193 e. The first-order valence-corrected chi connectivity index (χ1v) is 13.6. The molecule has 0 aliphatic rings. The lowest BCUT2D eigenvalue weighted by Crippen LogP contribution is -2.11. The first-order chi connectivity index (χ1) is 20.1. The number of carbonyl (C=O) groups is 1. The summed E-state index contributed by atoms with van der Waals surface area (Å²) in [5.41, 5.74) is 0.882. The van der Waals surface area contributed by atoms with Crippen LogP contribution in [0.15, 0.2) is 36.4 Å². The lowest BCUT2D eigenvalue weighted by Gasteiger charge is -2.17. The average molecular weight is 579 g/mol. The number of carbonyl (C=O) groups excluding carboxylic acids is 1. The number of hydrogen-bond acceptors (Lipinski definition) is 11. The SMILES string of the molecule is CCOCOc1cc(OCOCC)c(C(=O)C=Cc2ccc(OCOCC)c(OCOCC)c2)c(OCOCC)c1. The molecule has 0 amide bonds. The molecule has 0 saturated carbocycles. The highest BCUT2D eigenvalue weighted by Gasteiger charge is 2.20. The minimum absolute atomic E-state index is 0.0253. The minimum Gasteiger partial charge on any atom is -0.467 e. The zero-order valence-electron chi connectivity index (χ0n) is 24.6. The average Bonchev–Trinajstić information content (AvgIpc) is 2.97. The van der Waals surface area contributed by atoms with Gasteiger partial charge < -0.3 is 47.4 Å². The van der Waals surface area contributed by atoms with Gasteiger partial charge in [-0.2, -0.15) is 0 Å². The van der Waals surface area contributed by atoms with E-state index < -0.39 is 0 Å². The summed E-state index contributed by atoms with van der Waals surface area (Å²) in [7, 11) is 0. The Kier molecular flexibility index (Phi) is 16.9. The second-order valence-corrected chi connectivity index (χ2v) is 7.97. The quantitative estimate of drug-likeness (QED) is 0.0727. The molecular formula is C30H42O11. The van der Waals surface area contributed by atoms with Crippen LogP contribution in [-0.2, 0) is 23.7 Å². The zero-order valence-corrected chi connectivity index (χ0v) is 24.6. The Balaban J connectivity index is 2.39. The van der Waals surface area contributed by atoms with E-state index in [0.717, 1.165) is 0 Å². The maximum absolute atomic E-state index is 13.5. The number of hydrogen-bond donors (Lipinski definition) is 0. The smallest absolute Gasteiger partial charge is 0.193 e. The van der Waals surface area contributed by atoms with Crippen molar-refractivity contribution in [2.24, 2.45) is 0 Å². The fourth-order valence-electron chi connectivity index (χ4n) is 3.18. The number of benzene rings is 2. The number of ether oxygens (including phenoxy) is 10. The van der Waals surface area contributed by atoms with E-state index in [1.807, 2.05) is 34.6 Å². The molecule has 0 radical (unpaired) electrons. The van der Waals surface area contributed by atoms with E-state index in [-0.39, 0.29) is 56.8 Å². The first kappa shape index (κ1) is 33.9. The van der Waals surface area contributed by atoms with E-state index >= 15 is 0 Å². The molecule has 0 aliphatic heterocycles. The van der Waals surface area contributed by atoms with Crippen molar-refractivity contribution in [2.75, 3.05) is 67.0 Å². The van der Waals surface area contributed by atoms with Crippen LogP contribution < -0.4 is 23.7 Å². The van der Waals surface area contributed by atoms with Gasteiger partial charge in [0.15, 0.2) is 51.2 Å². The van der Waals surface area contributed by atoms with Gasteiger partial charge in [-0.15, -0.1) is 0 Å². The van der Waals surface area contributed by atoms with Crippen LogP contribution in [0.5, 0.6) is 28.7 Å². The Morgan fingerprint density at radius 1 is 0.561 bits per heavy atom. The van der Waals surface area contributed by atoms with Gasteiger partial charge in [-0.3, -0.25) is 4.79 Å². The molecule has 2 aromatic rings. The van der Waals surface area contributed by atoms with E-state index in [0.29, 0.717) is 55.8 Å². The van der Waals surface area contributed by atoms with Crippen LogP contribution in [0.4, 0.5) is 0 Å². The first-order valence-electron chi connectivity index (χ1n) is 13.6. The summed E-state index contributed by atoms with van der Waals surface area (Å²) < 4.78 is 55.2. The summed E-state index contributed by atoms with van der Waals surface area (Å²) in [6.07, 6.45) is 3.07. The van der Waals surface area contributed by atoms with Crippen molar-refractivity contribution >= 4 is 11.9 Å². The molecule has 228 valence electrons. The molecule has 0 atom stereocenters. The molecular weight excluding hydrogens is 536 g/mol. The van der Waals surface area contributed by atoms with Crippen LogP contribution >= 0.6 is 0 Å². The van der Waals surface area contributed by atoms with Crippen LogP contribution in [0.25, 0.3) is 6.08 Å². The van der Waals surface area contributed by atoms with Crippen LogP contribution in [0.2, 0.25) is 0 Å². The third-order valence-electron chi connectivity index (χ3n) is 5.20. The normalized spacial score (nSPS) is 11.0. The Morgan fingerprint density at radius 3 is 1.49 bits per heavy atom. The predicted molar refractivity (Wildman–Crippen MR) is 152 cm³/mol. The molecule has 0 heterocycles. The number of rotatable bonds is 23. The Labute approximate surface area is 242 Å². The molecule has 0 saturated heterocycles. The Bertz CT molecular complexity index is 1020. The van der Waals surface area contributed by atoms with E-state index in [1.54, 1.807) is 36.4 Å². The number of ketones is 1. The standard InChI is InChI=1S/C30H42O11/c1-6-32-18-37-24-16-28(40-21-35-9-4)30(29(17-24)41-22-36-10-5)25(31)13-11-23-12-14-26(38-19-33-7-2)27(15-23)39-20-34-8-3/h11-17H,6-10,18-22H2,1-5H3. The lowest BCUT2D eigenvalue weighted by atomic mass is 10.1. The topological polar surface area (TPSA) is 109 Å². The maximum atomic E-state index is 13.5. The van der Waals surface area contributed by atoms with Crippen LogP contribution in [0, 0.1) is 0 Å². The summed E-state index contributed by atoms with van der Waals surface area (Å²) in [5.74, 6) is 1.43. The highest BCUT2D eigenvalue weighted by Crippen LogP contribution is 2.36. The van der Waals surface area contributed by atoms with Crippen molar-refractivity contribution in [3.63, 3.8) is 0 Å².